The fraction of sp³-hybridized carbons (Fsp3) is 0.440. The van der Waals surface area contributed by atoms with Gasteiger partial charge >= 0.3 is 10.2 Å². The Morgan fingerprint density at radius 1 is 1.11 bits per heavy atom. The Morgan fingerprint density at radius 2 is 1.78 bits per heavy atom. The molecule has 0 aromatic heterocycles. The predicted molar refractivity (Wildman–Crippen MR) is 141 cm³/mol. The van der Waals surface area contributed by atoms with Crippen LogP contribution in [0.15, 0.2) is 53.0 Å². The number of hydrogen-bond donors (Lipinski definition) is 1. The smallest absolute Gasteiger partial charge is 0.304 e. The third-order valence-corrected chi connectivity index (χ3v) is 8.55. The van der Waals surface area contributed by atoms with Crippen LogP contribution in [0, 0.1) is 5.82 Å². The van der Waals surface area contributed by atoms with Gasteiger partial charge in [-0.3, -0.25) is 9.59 Å². The number of hydrogen-bond acceptors (Lipinski definition) is 4. The molecule has 1 fully saturated rings. The van der Waals surface area contributed by atoms with Crippen molar-refractivity contribution in [2.75, 3.05) is 24.9 Å². The minimum atomic E-state index is -4.22. The molecule has 0 heterocycles. The monoisotopic (exact) mass is 582 g/mol. The van der Waals surface area contributed by atoms with Crippen LogP contribution in [-0.4, -0.2) is 62.2 Å². The first-order valence-corrected chi connectivity index (χ1v) is 14.0. The maximum Gasteiger partial charge on any atom is 0.304 e. The molecule has 1 unspecified atom stereocenters. The van der Waals surface area contributed by atoms with Crippen LogP contribution >= 0.6 is 15.9 Å². The van der Waals surface area contributed by atoms with Crippen molar-refractivity contribution in [2.45, 2.75) is 51.2 Å². The summed E-state index contributed by atoms with van der Waals surface area (Å²) in [6.45, 7) is 1.02. The van der Waals surface area contributed by atoms with Crippen LogP contribution in [0.4, 0.5) is 10.1 Å². The summed E-state index contributed by atoms with van der Waals surface area (Å²) in [5.74, 6) is -1.71. The molecule has 3 rings (SSSR count). The van der Waals surface area contributed by atoms with Gasteiger partial charge in [0.05, 0.1) is 5.69 Å². The average Bonchev–Trinajstić information content (AvgIpc) is 3.34. The standard InChI is InChI=1S/C25H32BrFN4O4S/c1-18(25(33)28-21-11-4-5-12-21)30(16-19-9-8-10-20(26)15-19)24(32)17-31(36(34,35)29(2)3)23-14-7-6-13-22(23)27/h6-10,13-15,18,21H,4-5,11-12,16-17H2,1-3H3,(H,28,33). The highest BCUT2D eigenvalue weighted by Gasteiger charge is 2.34. The van der Waals surface area contributed by atoms with Gasteiger partial charge < -0.3 is 10.2 Å². The summed E-state index contributed by atoms with van der Waals surface area (Å²) in [6, 6.07) is 11.9. The number of rotatable bonds is 10. The number of benzene rings is 2. The van der Waals surface area contributed by atoms with Crippen molar-refractivity contribution in [1.82, 2.24) is 14.5 Å². The topological polar surface area (TPSA) is 90.0 Å². The lowest BCUT2D eigenvalue weighted by Crippen LogP contribution is -2.53. The van der Waals surface area contributed by atoms with Crippen molar-refractivity contribution in [3.05, 3.63) is 64.4 Å². The van der Waals surface area contributed by atoms with Crippen LogP contribution < -0.4 is 9.62 Å². The molecule has 2 aromatic carbocycles. The Morgan fingerprint density at radius 3 is 2.39 bits per heavy atom. The predicted octanol–water partition coefficient (Wildman–Crippen LogP) is 3.68. The molecule has 0 saturated heterocycles. The zero-order valence-electron chi connectivity index (χ0n) is 20.7. The molecule has 0 radical (unpaired) electrons. The zero-order valence-corrected chi connectivity index (χ0v) is 23.1. The maximum absolute atomic E-state index is 14.7. The lowest BCUT2D eigenvalue weighted by Gasteiger charge is -2.33. The van der Waals surface area contributed by atoms with E-state index < -0.39 is 34.5 Å². The van der Waals surface area contributed by atoms with Gasteiger partial charge in [-0.05, 0) is 49.6 Å². The average molecular weight is 584 g/mol. The SMILES string of the molecule is CC(C(=O)NC1CCCC1)N(Cc1cccc(Br)c1)C(=O)CN(c1ccccc1F)S(=O)(=O)N(C)C. The van der Waals surface area contributed by atoms with E-state index in [9.17, 15) is 22.4 Å². The first-order chi connectivity index (χ1) is 17.0. The largest absolute Gasteiger partial charge is 0.352 e. The number of anilines is 1. The Bertz CT molecular complexity index is 1190. The second-order valence-electron chi connectivity index (χ2n) is 9.07. The van der Waals surface area contributed by atoms with E-state index >= 15 is 0 Å². The molecule has 36 heavy (non-hydrogen) atoms. The van der Waals surface area contributed by atoms with Crippen LogP contribution in [0.1, 0.15) is 38.2 Å². The summed E-state index contributed by atoms with van der Waals surface area (Å²) in [6.07, 6.45) is 3.86. The first kappa shape index (κ1) is 28.1. The van der Waals surface area contributed by atoms with Crippen LogP contribution in [0.25, 0.3) is 0 Å². The van der Waals surface area contributed by atoms with Crippen molar-refractivity contribution in [1.29, 1.82) is 0 Å². The van der Waals surface area contributed by atoms with Crippen molar-refractivity contribution >= 4 is 43.6 Å². The number of nitrogens with zero attached hydrogens (tertiary/aromatic N) is 3. The minimum absolute atomic E-state index is 0.0619. The first-order valence-electron chi connectivity index (χ1n) is 11.8. The van der Waals surface area contributed by atoms with Gasteiger partial charge in [-0.2, -0.15) is 12.7 Å². The highest BCUT2D eigenvalue weighted by Crippen LogP contribution is 2.24. The van der Waals surface area contributed by atoms with Crippen molar-refractivity contribution in [3.63, 3.8) is 0 Å². The Labute approximate surface area is 220 Å². The van der Waals surface area contributed by atoms with E-state index in [1.54, 1.807) is 6.92 Å². The van der Waals surface area contributed by atoms with Gasteiger partial charge in [0.1, 0.15) is 18.4 Å². The lowest BCUT2D eigenvalue weighted by atomic mass is 10.1. The van der Waals surface area contributed by atoms with E-state index in [0.29, 0.717) is 0 Å². The van der Waals surface area contributed by atoms with E-state index in [0.717, 1.165) is 50.4 Å². The molecular weight excluding hydrogens is 551 g/mol. The molecule has 0 spiro atoms. The second-order valence-corrected chi connectivity index (χ2v) is 12.0. The fourth-order valence-electron chi connectivity index (χ4n) is 4.16. The van der Waals surface area contributed by atoms with Crippen LogP contribution in [0.2, 0.25) is 0 Å². The van der Waals surface area contributed by atoms with Gasteiger partial charge in [-0.15, -0.1) is 0 Å². The van der Waals surface area contributed by atoms with Crippen molar-refractivity contribution in [2.24, 2.45) is 0 Å². The number of carbonyl (C=O) groups is 2. The molecule has 1 aliphatic carbocycles. The van der Waals surface area contributed by atoms with Crippen molar-refractivity contribution in [3.8, 4) is 0 Å². The zero-order chi connectivity index (χ0) is 26.5. The highest BCUT2D eigenvalue weighted by molar-refractivity contribution is 9.10. The van der Waals surface area contributed by atoms with E-state index in [4.69, 9.17) is 0 Å². The summed E-state index contributed by atoms with van der Waals surface area (Å²) in [5, 5.41) is 3.01. The summed E-state index contributed by atoms with van der Waals surface area (Å²) in [4.78, 5) is 28.1. The quantitative estimate of drug-likeness (QED) is 0.462. The summed E-state index contributed by atoms with van der Waals surface area (Å²) < 4.78 is 43.3. The maximum atomic E-state index is 14.7. The molecule has 11 heteroatoms. The van der Waals surface area contributed by atoms with E-state index in [1.807, 2.05) is 24.3 Å². The van der Waals surface area contributed by atoms with Gasteiger partial charge in [0.25, 0.3) is 0 Å². The number of carbonyl (C=O) groups excluding carboxylic acids is 2. The minimum Gasteiger partial charge on any atom is -0.352 e. The molecule has 1 saturated carbocycles. The van der Waals surface area contributed by atoms with E-state index in [-0.39, 0.29) is 24.2 Å². The Balaban J connectivity index is 1.94. The Hall–Kier alpha value is -2.50. The van der Waals surface area contributed by atoms with Crippen molar-refractivity contribution < 1.29 is 22.4 Å². The van der Waals surface area contributed by atoms with Gasteiger partial charge in [0.15, 0.2) is 0 Å². The molecule has 1 N–H and O–H groups in total. The Kier molecular flexibility index (Phi) is 9.48. The number of amides is 2. The molecule has 196 valence electrons. The van der Waals surface area contributed by atoms with Crippen LogP contribution in [0.5, 0.6) is 0 Å². The van der Waals surface area contributed by atoms with Gasteiger partial charge in [-0.25, -0.2) is 8.70 Å². The molecule has 1 aliphatic rings. The molecule has 0 bridgehead atoms. The number of nitrogens with one attached hydrogen (secondary N) is 1. The number of halogens is 2. The van der Waals surface area contributed by atoms with Gasteiger partial charge in [0, 0.05) is 31.2 Å². The summed E-state index contributed by atoms with van der Waals surface area (Å²) in [5.41, 5.74) is 0.510. The third kappa shape index (κ3) is 6.83. The molecule has 8 nitrogen and oxygen atoms in total. The van der Waals surface area contributed by atoms with Gasteiger partial charge in [-0.1, -0.05) is 53.0 Å². The summed E-state index contributed by atoms with van der Waals surface area (Å²) in [7, 11) is -1.60. The van der Waals surface area contributed by atoms with E-state index in [2.05, 4.69) is 21.2 Å². The van der Waals surface area contributed by atoms with Crippen LogP contribution in [-0.2, 0) is 26.3 Å². The van der Waals surface area contributed by atoms with Crippen LogP contribution in [0.3, 0.4) is 0 Å². The summed E-state index contributed by atoms with van der Waals surface area (Å²) >= 11 is 3.42. The highest BCUT2D eigenvalue weighted by atomic mass is 79.9. The normalized spacial score (nSPS) is 15.1. The second kappa shape index (κ2) is 12.2. The lowest BCUT2D eigenvalue weighted by molar-refractivity contribution is -0.139. The number of para-hydroxylation sites is 1. The van der Waals surface area contributed by atoms with Gasteiger partial charge in [0.2, 0.25) is 11.8 Å². The molecule has 2 amide bonds. The van der Waals surface area contributed by atoms with E-state index in [1.165, 1.54) is 37.2 Å². The third-order valence-electron chi connectivity index (χ3n) is 6.25. The molecule has 0 aliphatic heterocycles. The molecule has 2 aromatic rings. The molecule has 1 atom stereocenters. The molecular formula is C25H32BrFN4O4S. The fourth-order valence-corrected chi connectivity index (χ4v) is 5.67.